The Kier molecular flexibility index (Phi) is 6.35. The predicted molar refractivity (Wildman–Crippen MR) is 88.1 cm³/mol. The standard InChI is InChI=1S/C18H36N2/c1-4-12-19-17-8-6-7-16(17)9-13-20-14-10-18(3,5-2)11-15-20/h16-17,19H,4-15H2,1-3H3. The zero-order chi connectivity index (χ0) is 14.4. The Balaban J connectivity index is 1.67. The van der Waals surface area contributed by atoms with Crippen molar-refractivity contribution in [1.29, 1.82) is 0 Å². The van der Waals surface area contributed by atoms with E-state index in [0.717, 1.165) is 12.0 Å². The van der Waals surface area contributed by atoms with Gasteiger partial charge in [0.1, 0.15) is 0 Å². The summed E-state index contributed by atoms with van der Waals surface area (Å²) in [6.45, 7) is 12.3. The smallest absolute Gasteiger partial charge is 0.00958 e. The normalized spacial score (nSPS) is 30.8. The fourth-order valence-corrected chi connectivity index (χ4v) is 4.00. The van der Waals surface area contributed by atoms with Crippen molar-refractivity contribution in [2.45, 2.75) is 78.2 Å². The lowest BCUT2D eigenvalue weighted by atomic mass is 9.78. The van der Waals surface area contributed by atoms with Crippen molar-refractivity contribution in [2.24, 2.45) is 11.3 Å². The van der Waals surface area contributed by atoms with E-state index in [1.165, 1.54) is 77.5 Å². The van der Waals surface area contributed by atoms with Crippen LogP contribution in [0.4, 0.5) is 0 Å². The molecule has 1 saturated heterocycles. The second kappa shape index (κ2) is 7.79. The van der Waals surface area contributed by atoms with Crippen LogP contribution in [0.2, 0.25) is 0 Å². The molecule has 0 spiro atoms. The van der Waals surface area contributed by atoms with E-state index in [4.69, 9.17) is 0 Å². The van der Waals surface area contributed by atoms with E-state index in [-0.39, 0.29) is 0 Å². The Morgan fingerprint density at radius 3 is 2.55 bits per heavy atom. The lowest BCUT2D eigenvalue weighted by Crippen LogP contribution is -2.40. The molecule has 2 rings (SSSR count). The minimum Gasteiger partial charge on any atom is -0.314 e. The summed E-state index contributed by atoms with van der Waals surface area (Å²) in [4.78, 5) is 2.73. The minimum atomic E-state index is 0.634. The number of piperidine rings is 1. The van der Waals surface area contributed by atoms with Gasteiger partial charge in [-0.25, -0.2) is 0 Å². The summed E-state index contributed by atoms with van der Waals surface area (Å²) in [5.41, 5.74) is 0.634. The van der Waals surface area contributed by atoms with Gasteiger partial charge in [0.25, 0.3) is 0 Å². The highest BCUT2D eigenvalue weighted by Crippen LogP contribution is 2.34. The average molecular weight is 280 g/mol. The van der Waals surface area contributed by atoms with Gasteiger partial charge in [0.2, 0.25) is 0 Å². The number of hydrogen-bond acceptors (Lipinski definition) is 2. The molecule has 1 saturated carbocycles. The summed E-state index contributed by atoms with van der Waals surface area (Å²) < 4.78 is 0. The number of likely N-dealkylation sites (tertiary alicyclic amines) is 1. The van der Waals surface area contributed by atoms with Gasteiger partial charge in [-0.05, 0) is 76.0 Å². The molecule has 2 unspecified atom stereocenters. The molecule has 1 heterocycles. The summed E-state index contributed by atoms with van der Waals surface area (Å²) in [6, 6.07) is 0.820. The quantitative estimate of drug-likeness (QED) is 0.756. The number of nitrogens with zero attached hydrogens (tertiary/aromatic N) is 1. The number of rotatable bonds is 7. The Morgan fingerprint density at radius 2 is 1.90 bits per heavy atom. The van der Waals surface area contributed by atoms with E-state index >= 15 is 0 Å². The fourth-order valence-electron chi connectivity index (χ4n) is 4.00. The summed E-state index contributed by atoms with van der Waals surface area (Å²) in [5, 5.41) is 3.77. The zero-order valence-corrected chi connectivity index (χ0v) is 14.1. The van der Waals surface area contributed by atoms with Gasteiger partial charge >= 0.3 is 0 Å². The van der Waals surface area contributed by atoms with Crippen LogP contribution in [-0.2, 0) is 0 Å². The third kappa shape index (κ3) is 4.46. The molecule has 1 aliphatic carbocycles. The van der Waals surface area contributed by atoms with Crippen molar-refractivity contribution in [3.05, 3.63) is 0 Å². The molecule has 0 aromatic heterocycles. The second-order valence-electron chi connectivity index (χ2n) is 7.55. The summed E-state index contributed by atoms with van der Waals surface area (Å²) >= 11 is 0. The topological polar surface area (TPSA) is 15.3 Å². The summed E-state index contributed by atoms with van der Waals surface area (Å²) in [6.07, 6.45) is 11.2. The lowest BCUT2D eigenvalue weighted by Gasteiger charge is -2.39. The Labute approximate surface area is 126 Å². The molecule has 2 aliphatic rings. The molecule has 0 aromatic carbocycles. The molecule has 118 valence electrons. The molecule has 0 aromatic rings. The fraction of sp³-hybridized carbons (Fsp3) is 1.00. The van der Waals surface area contributed by atoms with E-state index in [0.29, 0.717) is 5.41 Å². The first kappa shape index (κ1) is 16.3. The van der Waals surface area contributed by atoms with Crippen molar-refractivity contribution in [1.82, 2.24) is 10.2 Å². The molecule has 1 N–H and O–H groups in total. The van der Waals surface area contributed by atoms with Gasteiger partial charge in [0, 0.05) is 6.04 Å². The van der Waals surface area contributed by atoms with Crippen LogP contribution in [0.25, 0.3) is 0 Å². The van der Waals surface area contributed by atoms with Crippen LogP contribution in [0.3, 0.4) is 0 Å². The maximum atomic E-state index is 3.77. The molecule has 2 heteroatoms. The van der Waals surface area contributed by atoms with Gasteiger partial charge in [-0.1, -0.05) is 33.6 Å². The van der Waals surface area contributed by atoms with Gasteiger partial charge in [-0.2, -0.15) is 0 Å². The molecule has 0 amide bonds. The number of nitrogens with one attached hydrogen (secondary N) is 1. The molecule has 20 heavy (non-hydrogen) atoms. The van der Waals surface area contributed by atoms with Crippen LogP contribution in [0.15, 0.2) is 0 Å². The highest BCUT2D eigenvalue weighted by molar-refractivity contribution is 4.85. The summed E-state index contributed by atoms with van der Waals surface area (Å²) in [5.74, 6) is 0.945. The predicted octanol–water partition coefficient (Wildman–Crippen LogP) is 4.06. The molecular formula is C18H36N2. The van der Waals surface area contributed by atoms with Gasteiger partial charge in [-0.3, -0.25) is 0 Å². The van der Waals surface area contributed by atoms with Crippen molar-refractivity contribution < 1.29 is 0 Å². The molecule has 1 aliphatic heterocycles. The highest BCUT2D eigenvalue weighted by atomic mass is 15.1. The third-order valence-corrected chi connectivity index (χ3v) is 6.05. The minimum absolute atomic E-state index is 0.634. The second-order valence-corrected chi connectivity index (χ2v) is 7.55. The van der Waals surface area contributed by atoms with E-state index in [2.05, 4.69) is 31.0 Å². The van der Waals surface area contributed by atoms with Crippen LogP contribution < -0.4 is 5.32 Å². The summed E-state index contributed by atoms with van der Waals surface area (Å²) in [7, 11) is 0. The van der Waals surface area contributed by atoms with E-state index < -0.39 is 0 Å². The maximum absolute atomic E-state index is 3.77. The Bertz CT molecular complexity index is 269. The lowest BCUT2D eigenvalue weighted by molar-refractivity contribution is 0.108. The molecule has 2 atom stereocenters. The first-order valence-corrected chi connectivity index (χ1v) is 9.12. The van der Waals surface area contributed by atoms with Gasteiger partial charge in [0.15, 0.2) is 0 Å². The SMILES string of the molecule is CCCNC1CCCC1CCN1CCC(C)(CC)CC1. The van der Waals surface area contributed by atoms with Crippen LogP contribution in [-0.4, -0.2) is 37.1 Å². The van der Waals surface area contributed by atoms with E-state index in [1.54, 1.807) is 0 Å². The largest absolute Gasteiger partial charge is 0.314 e. The molecule has 2 fully saturated rings. The Hall–Kier alpha value is -0.0800. The van der Waals surface area contributed by atoms with Crippen molar-refractivity contribution >= 4 is 0 Å². The number of hydrogen-bond donors (Lipinski definition) is 1. The van der Waals surface area contributed by atoms with E-state index in [9.17, 15) is 0 Å². The highest BCUT2D eigenvalue weighted by Gasteiger charge is 2.30. The van der Waals surface area contributed by atoms with Crippen molar-refractivity contribution in [2.75, 3.05) is 26.2 Å². The van der Waals surface area contributed by atoms with E-state index in [1.807, 2.05) is 0 Å². The van der Waals surface area contributed by atoms with Gasteiger partial charge in [0.05, 0.1) is 0 Å². The molecular weight excluding hydrogens is 244 g/mol. The third-order valence-electron chi connectivity index (χ3n) is 6.05. The molecule has 0 bridgehead atoms. The zero-order valence-electron chi connectivity index (χ0n) is 14.1. The van der Waals surface area contributed by atoms with Crippen LogP contribution in [0, 0.1) is 11.3 Å². The average Bonchev–Trinajstić information content (AvgIpc) is 2.92. The monoisotopic (exact) mass is 280 g/mol. The van der Waals surface area contributed by atoms with Crippen LogP contribution >= 0.6 is 0 Å². The first-order chi connectivity index (χ1) is 9.67. The van der Waals surface area contributed by atoms with Crippen LogP contribution in [0.5, 0.6) is 0 Å². The Morgan fingerprint density at radius 1 is 1.15 bits per heavy atom. The van der Waals surface area contributed by atoms with Crippen molar-refractivity contribution in [3.63, 3.8) is 0 Å². The van der Waals surface area contributed by atoms with Gasteiger partial charge in [-0.15, -0.1) is 0 Å². The first-order valence-electron chi connectivity index (χ1n) is 9.12. The molecule has 2 nitrogen and oxygen atoms in total. The van der Waals surface area contributed by atoms with Gasteiger partial charge < -0.3 is 10.2 Å². The van der Waals surface area contributed by atoms with Crippen molar-refractivity contribution in [3.8, 4) is 0 Å². The molecule has 0 radical (unpaired) electrons. The van der Waals surface area contributed by atoms with Crippen LogP contribution in [0.1, 0.15) is 72.1 Å². The maximum Gasteiger partial charge on any atom is 0.00958 e.